The lowest BCUT2D eigenvalue weighted by molar-refractivity contribution is -0.131. The Hall–Kier alpha value is -2.62. The third-order valence-electron chi connectivity index (χ3n) is 4.55. The standard InChI is InChI=1S/C19H19NO3/c1-20(17-11-10-13-6-2-4-8-15(13)17)18(21)12-14-7-3-5-9-16(14)19(22)23/h2-9,17H,10-12H2,1H3,(H,22,23). The first-order valence-corrected chi connectivity index (χ1v) is 7.72. The fourth-order valence-electron chi connectivity index (χ4n) is 3.28. The van der Waals surface area contributed by atoms with Gasteiger partial charge in [0.15, 0.2) is 0 Å². The lowest BCUT2D eigenvalue weighted by atomic mass is 10.0. The number of rotatable bonds is 4. The number of hydrogen-bond acceptors (Lipinski definition) is 2. The van der Waals surface area contributed by atoms with Crippen molar-refractivity contribution in [1.82, 2.24) is 4.90 Å². The molecular formula is C19H19NO3. The maximum absolute atomic E-state index is 12.6. The summed E-state index contributed by atoms with van der Waals surface area (Å²) in [7, 11) is 1.80. The van der Waals surface area contributed by atoms with E-state index in [0.29, 0.717) is 5.56 Å². The quantitative estimate of drug-likeness (QED) is 0.944. The Kier molecular flexibility index (Phi) is 4.15. The lowest BCUT2D eigenvalue weighted by Crippen LogP contribution is -2.31. The number of carboxylic acid groups (broad SMARTS) is 1. The summed E-state index contributed by atoms with van der Waals surface area (Å²) in [6.45, 7) is 0. The van der Waals surface area contributed by atoms with Crippen LogP contribution in [0.4, 0.5) is 0 Å². The molecule has 0 heterocycles. The largest absolute Gasteiger partial charge is 0.478 e. The van der Waals surface area contributed by atoms with Crippen molar-refractivity contribution < 1.29 is 14.7 Å². The van der Waals surface area contributed by atoms with Gasteiger partial charge in [0.05, 0.1) is 18.0 Å². The predicted octanol–water partition coefficient (Wildman–Crippen LogP) is 3.07. The van der Waals surface area contributed by atoms with Crippen molar-refractivity contribution in [2.45, 2.75) is 25.3 Å². The lowest BCUT2D eigenvalue weighted by Gasteiger charge is -2.26. The van der Waals surface area contributed by atoms with Crippen molar-refractivity contribution in [3.05, 3.63) is 70.8 Å². The van der Waals surface area contributed by atoms with E-state index in [-0.39, 0.29) is 23.9 Å². The van der Waals surface area contributed by atoms with E-state index in [2.05, 4.69) is 12.1 Å². The van der Waals surface area contributed by atoms with Gasteiger partial charge in [-0.25, -0.2) is 4.79 Å². The Balaban J connectivity index is 1.78. The van der Waals surface area contributed by atoms with E-state index >= 15 is 0 Å². The number of fused-ring (bicyclic) bond motifs is 1. The Bertz CT molecular complexity index is 754. The van der Waals surface area contributed by atoms with Crippen LogP contribution >= 0.6 is 0 Å². The normalized spacial score (nSPS) is 16.0. The highest BCUT2D eigenvalue weighted by Crippen LogP contribution is 2.35. The van der Waals surface area contributed by atoms with Crippen LogP contribution in [0.1, 0.15) is 39.5 Å². The molecule has 0 aromatic heterocycles. The second kappa shape index (κ2) is 6.24. The van der Waals surface area contributed by atoms with Crippen LogP contribution in [0.2, 0.25) is 0 Å². The molecule has 1 amide bonds. The number of aromatic carboxylic acids is 1. The van der Waals surface area contributed by atoms with Crippen LogP contribution in [0.3, 0.4) is 0 Å². The fourth-order valence-corrected chi connectivity index (χ4v) is 3.28. The molecule has 0 saturated heterocycles. The molecule has 1 atom stereocenters. The van der Waals surface area contributed by atoms with Crippen molar-refractivity contribution in [3.63, 3.8) is 0 Å². The third kappa shape index (κ3) is 2.97. The number of benzene rings is 2. The van der Waals surface area contributed by atoms with E-state index in [1.54, 1.807) is 30.1 Å². The smallest absolute Gasteiger partial charge is 0.335 e. The van der Waals surface area contributed by atoms with Gasteiger partial charge in [0.25, 0.3) is 0 Å². The first-order chi connectivity index (χ1) is 11.1. The minimum Gasteiger partial charge on any atom is -0.478 e. The molecule has 0 bridgehead atoms. The molecule has 0 aliphatic heterocycles. The summed E-state index contributed by atoms with van der Waals surface area (Å²) in [5, 5.41) is 9.23. The van der Waals surface area contributed by atoms with Crippen molar-refractivity contribution >= 4 is 11.9 Å². The van der Waals surface area contributed by atoms with Crippen LogP contribution < -0.4 is 0 Å². The van der Waals surface area contributed by atoms with Gasteiger partial charge < -0.3 is 10.0 Å². The van der Waals surface area contributed by atoms with Gasteiger partial charge in [-0.15, -0.1) is 0 Å². The number of carbonyl (C=O) groups is 2. The number of carbonyl (C=O) groups excluding carboxylic acids is 1. The van der Waals surface area contributed by atoms with E-state index in [4.69, 9.17) is 0 Å². The molecule has 23 heavy (non-hydrogen) atoms. The number of amides is 1. The number of likely N-dealkylation sites (N-methyl/N-ethyl adjacent to an activating group) is 1. The zero-order valence-corrected chi connectivity index (χ0v) is 13.0. The Labute approximate surface area is 135 Å². The van der Waals surface area contributed by atoms with Crippen LogP contribution in [0, 0.1) is 0 Å². The maximum Gasteiger partial charge on any atom is 0.335 e. The molecular weight excluding hydrogens is 290 g/mol. The molecule has 0 radical (unpaired) electrons. The molecule has 2 aromatic carbocycles. The van der Waals surface area contributed by atoms with Gasteiger partial charge >= 0.3 is 5.97 Å². The number of carboxylic acids is 1. The highest BCUT2D eigenvalue weighted by molar-refractivity contribution is 5.91. The molecule has 1 unspecified atom stereocenters. The van der Waals surface area contributed by atoms with Gasteiger partial charge in [-0.1, -0.05) is 42.5 Å². The average molecular weight is 309 g/mol. The van der Waals surface area contributed by atoms with Gasteiger partial charge in [-0.3, -0.25) is 4.79 Å². The van der Waals surface area contributed by atoms with Gasteiger partial charge in [-0.2, -0.15) is 0 Å². The first kappa shape index (κ1) is 15.3. The molecule has 0 saturated carbocycles. The summed E-state index contributed by atoms with van der Waals surface area (Å²) in [5.74, 6) is -1.05. The van der Waals surface area contributed by atoms with Crippen molar-refractivity contribution in [2.75, 3.05) is 7.05 Å². The SMILES string of the molecule is CN(C(=O)Cc1ccccc1C(=O)O)C1CCc2ccccc21. The van der Waals surface area contributed by atoms with Gasteiger partial charge in [-0.05, 0) is 35.6 Å². The molecule has 1 aliphatic rings. The van der Waals surface area contributed by atoms with Gasteiger partial charge in [0, 0.05) is 7.05 Å². The van der Waals surface area contributed by atoms with E-state index in [1.807, 2.05) is 12.1 Å². The Morgan fingerprint density at radius 1 is 1.13 bits per heavy atom. The second-order valence-corrected chi connectivity index (χ2v) is 5.90. The van der Waals surface area contributed by atoms with Crippen molar-refractivity contribution in [2.24, 2.45) is 0 Å². The van der Waals surface area contributed by atoms with Crippen molar-refractivity contribution in [1.29, 1.82) is 0 Å². The first-order valence-electron chi connectivity index (χ1n) is 7.72. The summed E-state index contributed by atoms with van der Waals surface area (Å²) < 4.78 is 0. The van der Waals surface area contributed by atoms with E-state index < -0.39 is 5.97 Å². The molecule has 0 spiro atoms. The molecule has 0 fully saturated rings. The average Bonchev–Trinajstić information content (AvgIpc) is 2.98. The van der Waals surface area contributed by atoms with E-state index in [9.17, 15) is 14.7 Å². The predicted molar refractivity (Wildman–Crippen MR) is 87.4 cm³/mol. The zero-order chi connectivity index (χ0) is 16.4. The number of aryl methyl sites for hydroxylation is 1. The van der Waals surface area contributed by atoms with Gasteiger partial charge in [0.1, 0.15) is 0 Å². The topological polar surface area (TPSA) is 57.6 Å². The maximum atomic E-state index is 12.6. The molecule has 1 N–H and O–H groups in total. The third-order valence-corrected chi connectivity index (χ3v) is 4.55. The fraction of sp³-hybridized carbons (Fsp3) is 0.263. The highest BCUT2D eigenvalue weighted by Gasteiger charge is 2.28. The summed E-state index contributed by atoms with van der Waals surface area (Å²) in [4.78, 5) is 25.6. The molecule has 3 rings (SSSR count). The number of nitrogens with zero attached hydrogens (tertiary/aromatic N) is 1. The summed E-state index contributed by atoms with van der Waals surface area (Å²) in [5.41, 5.74) is 3.25. The highest BCUT2D eigenvalue weighted by atomic mass is 16.4. The molecule has 4 nitrogen and oxygen atoms in total. The van der Waals surface area contributed by atoms with Crippen LogP contribution in [-0.2, 0) is 17.6 Å². The monoisotopic (exact) mass is 309 g/mol. The minimum absolute atomic E-state index is 0.0552. The van der Waals surface area contributed by atoms with E-state index in [1.165, 1.54) is 17.2 Å². The van der Waals surface area contributed by atoms with Crippen LogP contribution in [-0.4, -0.2) is 28.9 Å². The van der Waals surface area contributed by atoms with Crippen LogP contribution in [0.5, 0.6) is 0 Å². The van der Waals surface area contributed by atoms with Crippen LogP contribution in [0.15, 0.2) is 48.5 Å². The summed E-state index contributed by atoms with van der Waals surface area (Å²) in [6.07, 6.45) is 2.00. The Morgan fingerprint density at radius 3 is 2.61 bits per heavy atom. The van der Waals surface area contributed by atoms with Crippen molar-refractivity contribution in [3.8, 4) is 0 Å². The van der Waals surface area contributed by atoms with Gasteiger partial charge in [0.2, 0.25) is 5.91 Å². The second-order valence-electron chi connectivity index (χ2n) is 5.90. The molecule has 1 aliphatic carbocycles. The number of hydrogen-bond donors (Lipinski definition) is 1. The zero-order valence-electron chi connectivity index (χ0n) is 13.0. The molecule has 118 valence electrons. The van der Waals surface area contributed by atoms with E-state index in [0.717, 1.165) is 12.8 Å². The molecule has 4 heteroatoms. The summed E-state index contributed by atoms with van der Waals surface area (Å²) >= 11 is 0. The minimum atomic E-state index is -0.998. The Morgan fingerprint density at radius 2 is 1.83 bits per heavy atom. The van der Waals surface area contributed by atoms with Crippen LogP contribution in [0.25, 0.3) is 0 Å². The summed E-state index contributed by atoms with van der Waals surface area (Å²) in [6, 6.07) is 15.0. The molecule has 2 aromatic rings.